The molecule has 0 aromatic carbocycles. The van der Waals surface area contributed by atoms with Crippen LogP contribution in [0, 0.1) is 6.92 Å². The van der Waals surface area contributed by atoms with Gasteiger partial charge in [-0.2, -0.15) is 0 Å². The first-order chi connectivity index (χ1) is 15.0. The summed E-state index contributed by atoms with van der Waals surface area (Å²) >= 11 is 0. The first kappa shape index (κ1) is 28.9. The molecule has 0 unspecified atom stereocenters. The van der Waals surface area contributed by atoms with E-state index < -0.39 is 0 Å². The molecule has 4 heterocycles. The summed E-state index contributed by atoms with van der Waals surface area (Å²) in [6, 6.07) is 11.3. The SMILES string of the molecule is CC(=O)NCc1ccc2[nH]c(-n3c(C)cnc(NCCc4ccccn4)c3=O)cc2n1.Cl.Cl.Cl. The molecule has 4 aromatic rings. The zero-order valence-electron chi connectivity index (χ0n) is 18.6. The molecule has 182 valence electrons. The molecule has 0 aliphatic carbocycles. The molecule has 4 aromatic heterocycles. The summed E-state index contributed by atoms with van der Waals surface area (Å²) in [5, 5.41) is 5.85. The molecule has 0 bridgehead atoms. The number of nitrogens with one attached hydrogen (secondary N) is 3. The molecule has 12 heteroatoms. The summed E-state index contributed by atoms with van der Waals surface area (Å²) < 4.78 is 1.57. The molecular weight excluding hydrogens is 501 g/mol. The largest absolute Gasteiger partial charge is 0.365 e. The molecule has 0 saturated heterocycles. The maximum atomic E-state index is 13.1. The average Bonchev–Trinajstić information content (AvgIpc) is 3.17. The van der Waals surface area contributed by atoms with Crippen LogP contribution in [0.2, 0.25) is 0 Å². The fourth-order valence-corrected chi connectivity index (χ4v) is 3.28. The van der Waals surface area contributed by atoms with Crippen molar-refractivity contribution in [2.24, 2.45) is 0 Å². The van der Waals surface area contributed by atoms with Crippen LogP contribution in [-0.4, -0.2) is 37.0 Å². The van der Waals surface area contributed by atoms with Crippen LogP contribution in [0.15, 0.2) is 53.6 Å². The summed E-state index contributed by atoms with van der Waals surface area (Å²) in [4.78, 5) is 40.6. The Morgan fingerprint density at radius 1 is 1.09 bits per heavy atom. The number of hydrogen-bond acceptors (Lipinski definition) is 6. The lowest BCUT2D eigenvalue weighted by molar-refractivity contribution is -0.119. The van der Waals surface area contributed by atoms with Gasteiger partial charge < -0.3 is 15.6 Å². The predicted octanol–water partition coefficient (Wildman–Crippen LogP) is 3.37. The van der Waals surface area contributed by atoms with Gasteiger partial charge in [0, 0.05) is 49.7 Å². The molecule has 0 aliphatic heterocycles. The Morgan fingerprint density at radius 2 is 1.88 bits per heavy atom. The minimum atomic E-state index is -0.244. The molecule has 0 aliphatic rings. The van der Waals surface area contributed by atoms with E-state index in [4.69, 9.17) is 0 Å². The zero-order valence-corrected chi connectivity index (χ0v) is 21.0. The number of aromatic nitrogens is 5. The number of anilines is 1. The molecule has 0 spiro atoms. The second kappa shape index (κ2) is 12.9. The topological polar surface area (TPSA) is 118 Å². The maximum absolute atomic E-state index is 13.1. The Hall–Kier alpha value is -3.14. The number of nitrogens with zero attached hydrogens (tertiary/aromatic N) is 4. The fraction of sp³-hybridized carbons (Fsp3) is 0.227. The number of aryl methyl sites for hydroxylation is 1. The second-order valence-corrected chi connectivity index (χ2v) is 7.19. The molecule has 0 fully saturated rings. The summed E-state index contributed by atoms with van der Waals surface area (Å²) in [6.45, 7) is 4.19. The second-order valence-electron chi connectivity index (χ2n) is 7.19. The third-order valence-corrected chi connectivity index (χ3v) is 4.82. The number of halogens is 3. The van der Waals surface area contributed by atoms with Gasteiger partial charge >= 0.3 is 0 Å². The number of carbonyl (C=O) groups is 1. The van der Waals surface area contributed by atoms with Crippen LogP contribution in [0.4, 0.5) is 5.82 Å². The van der Waals surface area contributed by atoms with Gasteiger partial charge in [0.15, 0.2) is 5.82 Å². The predicted molar refractivity (Wildman–Crippen MR) is 140 cm³/mol. The summed E-state index contributed by atoms with van der Waals surface area (Å²) in [5.41, 5.74) is 3.65. The van der Waals surface area contributed by atoms with Gasteiger partial charge in [-0.15, -0.1) is 37.2 Å². The Balaban J connectivity index is 0.00000193. The molecule has 34 heavy (non-hydrogen) atoms. The highest BCUT2D eigenvalue weighted by molar-refractivity contribution is 5.86. The average molecular weight is 527 g/mol. The van der Waals surface area contributed by atoms with Gasteiger partial charge in [0.2, 0.25) is 5.91 Å². The quantitative estimate of drug-likeness (QED) is 0.340. The van der Waals surface area contributed by atoms with Crippen LogP contribution in [-0.2, 0) is 17.8 Å². The Bertz CT molecular complexity index is 1290. The van der Waals surface area contributed by atoms with Gasteiger partial charge in [-0.3, -0.25) is 19.1 Å². The third kappa shape index (κ3) is 6.69. The lowest BCUT2D eigenvalue weighted by Gasteiger charge is -2.10. The smallest absolute Gasteiger partial charge is 0.299 e. The van der Waals surface area contributed by atoms with Crippen LogP contribution in [0.5, 0.6) is 0 Å². The van der Waals surface area contributed by atoms with E-state index in [0.29, 0.717) is 36.5 Å². The fourth-order valence-electron chi connectivity index (χ4n) is 3.28. The summed E-state index contributed by atoms with van der Waals surface area (Å²) in [6.07, 6.45) is 4.09. The van der Waals surface area contributed by atoms with Gasteiger partial charge in [0.25, 0.3) is 5.56 Å². The number of rotatable bonds is 7. The molecule has 0 atom stereocenters. The van der Waals surface area contributed by atoms with Crippen LogP contribution < -0.4 is 16.2 Å². The van der Waals surface area contributed by atoms with Crippen molar-refractivity contribution >= 4 is 60.0 Å². The van der Waals surface area contributed by atoms with Crippen molar-refractivity contribution in [1.29, 1.82) is 0 Å². The van der Waals surface area contributed by atoms with Gasteiger partial charge in [0.1, 0.15) is 5.82 Å². The highest BCUT2D eigenvalue weighted by atomic mass is 35.5. The van der Waals surface area contributed by atoms with Crippen molar-refractivity contribution in [3.63, 3.8) is 0 Å². The van der Waals surface area contributed by atoms with E-state index in [1.807, 2.05) is 43.3 Å². The van der Waals surface area contributed by atoms with E-state index in [-0.39, 0.29) is 54.5 Å². The molecule has 9 nitrogen and oxygen atoms in total. The monoisotopic (exact) mass is 525 g/mol. The molecule has 3 N–H and O–H groups in total. The van der Waals surface area contributed by atoms with Crippen molar-refractivity contribution < 1.29 is 4.79 Å². The van der Waals surface area contributed by atoms with E-state index in [1.165, 1.54) is 6.92 Å². The zero-order chi connectivity index (χ0) is 21.8. The number of hydrogen-bond donors (Lipinski definition) is 3. The van der Waals surface area contributed by atoms with Crippen molar-refractivity contribution in [2.75, 3.05) is 11.9 Å². The molecule has 0 saturated carbocycles. The number of carbonyl (C=O) groups excluding carboxylic acids is 1. The highest BCUT2D eigenvalue weighted by Gasteiger charge is 2.13. The number of aromatic amines is 1. The lowest BCUT2D eigenvalue weighted by Crippen LogP contribution is -2.26. The standard InChI is InChI=1S/C22H23N7O2.3ClH/c1-14-12-26-21(24-10-8-16-5-3-4-9-23-16)22(31)29(14)20-11-19-18(28-20)7-6-17(27-19)13-25-15(2)30;;;/h3-7,9,11-12,28H,8,10,13H2,1-2H3,(H,24,26)(H,25,30);3*1H. The highest BCUT2D eigenvalue weighted by Crippen LogP contribution is 2.17. The Labute approximate surface area is 215 Å². The first-order valence-corrected chi connectivity index (χ1v) is 9.97. The van der Waals surface area contributed by atoms with Crippen molar-refractivity contribution in [2.45, 2.75) is 26.8 Å². The Morgan fingerprint density at radius 3 is 2.59 bits per heavy atom. The number of fused-ring (bicyclic) bond motifs is 1. The third-order valence-electron chi connectivity index (χ3n) is 4.82. The number of pyridine rings is 2. The maximum Gasteiger partial charge on any atom is 0.299 e. The summed E-state index contributed by atoms with van der Waals surface area (Å²) in [5.74, 6) is 0.773. The van der Waals surface area contributed by atoms with E-state index in [2.05, 4.69) is 30.6 Å². The van der Waals surface area contributed by atoms with Crippen LogP contribution >= 0.6 is 37.2 Å². The van der Waals surface area contributed by atoms with E-state index in [1.54, 1.807) is 17.0 Å². The number of amides is 1. The van der Waals surface area contributed by atoms with Gasteiger partial charge in [0.05, 0.1) is 23.3 Å². The van der Waals surface area contributed by atoms with E-state index in [0.717, 1.165) is 16.9 Å². The molecule has 1 amide bonds. The van der Waals surface area contributed by atoms with Gasteiger partial charge in [-0.25, -0.2) is 9.97 Å². The minimum Gasteiger partial charge on any atom is -0.365 e. The van der Waals surface area contributed by atoms with Crippen LogP contribution in [0.3, 0.4) is 0 Å². The number of H-pyrrole nitrogens is 1. The van der Waals surface area contributed by atoms with Crippen molar-refractivity contribution in [1.82, 2.24) is 29.8 Å². The normalized spacial score (nSPS) is 9.94. The van der Waals surface area contributed by atoms with E-state index in [9.17, 15) is 9.59 Å². The summed E-state index contributed by atoms with van der Waals surface area (Å²) in [7, 11) is 0. The molecule has 4 rings (SSSR count). The van der Waals surface area contributed by atoms with E-state index >= 15 is 0 Å². The Kier molecular flexibility index (Phi) is 11.0. The van der Waals surface area contributed by atoms with Crippen molar-refractivity contribution in [3.05, 3.63) is 76.2 Å². The molecular formula is C22H26Cl3N7O2. The van der Waals surface area contributed by atoms with Crippen LogP contribution in [0.1, 0.15) is 24.0 Å². The van der Waals surface area contributed by atoms with Crippen LogP contribution in [0.25, 0.3) is 16.9 Å². The van der Waals surface area contributed by atoms with Gasteiger partial charge in [-0.1, -0.05) is 6.07 Å². The first-order valence-electron chi connectivity index (χ1n) is 9.97. The minimum absolute atomic E-state index is 0. The molecule has 0 radical (unpaired) electrons. The van der Waals surface area contributed by atoms with Crippen molar-refractivity contribution in [3.8, 4) is 5.82 Å². The van der Waals surface area contributed by atoms with Gasteiger partial charge in [-0.05, 0) is 31.2 Å². The lowest BCUT2D eigenvalue weighted by atomic mass is 10.3.